The number of hydrogen-bond donors (Lipinski definition) is 1. The Balaban J connectivity index is 2.03. The summed E-state index contributed by atoms with van der Waals surface area (Å²) >= 11 is 3.34. The van der Waals surface area contributed by atoms with Crippen molar-refractivity contribution in [1.82, 2.24) is 10.2 Å². The van der Waals surface area contributed by atoms with Crippen LogP contribution in [0.1, 0.15) is 31.9 Å². The van der Waals surface area contributed by atoms with Crippen LogP contribution in [0.15, 0.2) is 76.1 Å². The van der Waals surface area contributed by atoms with E-state index in [2.05, 4.69) is 21.2 Å². The van der Waals surface area contributed by atoms with E-state index in [4.69, 9.17) is 4.74 Å². The minimum absolute atomic E-state index is 0.0226. The van der Waals surface area contributed by atoms with Crippen LogP contribution in [0.25, 0.3) is 0 Å². The average molecular weight is 649 g/mol. The van der Waals surface area contributed by atoms with Crippen LogP contribution in [0.4, 0.5) is 10.1 Å². The SMILES string of the molecule is COc1ccc(S(=O)(=O)N(CC(=O)N(Cc2ccc(F)cc2)C(C)C(=O)NCC(C)C)c2ccc(C)cc2)cc1Br. The van der Waals surface area contributed by atoms with Gasteiger partial charge in [-0.2, -0.15) is 0 Å². The van der Waals surface area contributed by atoms with Crippen molar-refractivity contribution in [3.63, 3.8) is 0 Å². The quantitative estimate of drug-likeness (QED) is 0.288. The predicted octanol–water partition coefficient (Wildman–Crippen LogP) is 5.29. The van der Waals surface area contributed by atoms with Gasteiger partial charge in [0.2, 0.25) is 11.8 Å². The maximum atomic E-state index is 14.0. The first-order valence-electron chi connectivity index (χ1n) is 13.1. The summed E-state index contributed by atoms with van der Waals surface area (Å²) in [5, 5.41) is 2.83. The Morgan fingerprint density at radius 3 is 2.20 bits per heavy atom. The summed E-state index contributed by atoms with van der Waals surface area (Å²) in [5.41, 5.74) is 1.79. The molecule has 220 valence electrons. The molecule has 0 spiro atoms. The third-order valence-electron chi connectivity index (χ3n) is 6.43. The number of methoxy groups -OCH3 is 1. The van der Waals surface area contributed by atoms with E-state index in [1.807, 2.05) is 20.8 Å². The molecule has 1 N–H and O–H groups in total. The number of sulfonamides is 1. The van der Waals surface area contributed by atoms with E-state index in [1.165, 1.54) is 54.5 Å². The summed E-state index contributed by atoms with van der Waals surface area (Å²) in [6.07, 6.45) is 0. The lowest BCUT2D eigenvalue weighted by Crippen LogP contribution is -2.51. The minimum Gasteiger partial charge on any atom is -0.496 e. The molecular weight excluding hydrogens is 613 g/mol. The number of rotatable bonds is 12. The Morgan fingerprint density at radius 2 is 1.63 bits per heavy atom. The first-order valence-corrected chi connectivity index (χ1v) is 15.3. The molecule has 0 aliphatic rings. The van der Waals surface area contributed by atoms with E-state index in [1.54, 1.807) is 31.2 Å². The van der Waals surface area contributed by atoms with Gasteiger partial charge in [-0.1, -0.05) is 43.7 Å². The molecule has 3 aromatic rings. The monoisotopic (exact) mass is 647 g/mol. The van der Waals surface area contributed by atoms with Crippen LogP contribution in [0.3, 0.4) is 0 Å². The van der Waals surface area contributed by atoms with Crippen LogP contribution in [-0.4, -0.2) is 51.4 Å². The predicted molar refractivity (Wildman–Crippen MR) is 161 cm³/mol. The number of nitrogens with one attached hydrogen (secondary N) is 1. The maximum Gasteiger partial charge on any atom is 0.264 e. The Bertz CT molecular complexity index is 1460. The molecule has 0 saturated carbocycles. The van der Waals surface area contributed by atoms with E-state index < -0.39 is 34.3 Å². The fraction of sp³-hybridized carbons (Fsp3) is 0.333. The number of anilines is 1. The smallest absolute Gasteiger partial charge is 0.264 e. The van der Waals surface area contributed by atoms with Gasteiger partial charge in [0.05, 0.1) is 22.2 Å². The molecule has 0 heterocycles. The lowest BCUT2D eigenvalue weighted by molar-refractivity contribution is -0.139. The fourth-order valence-corrected chi connectivity index (χ4v) is 6.13. The molecule has 0 aromatic heterocycles. The standard InChI is InChI=1S/C30H35BrFN3O5S/c1-20(2)17-33-30(37)22(4)34(18-23-8-10-24(32)11-9-23)29(36)19-35(25-12-6-21(3)7-13-25)41(38,39)26-14-15-28(40-5)27(31)16-26/h6-16,20,22H,17-19H2,1-5H3,(H,33,37). The number of halogens is 2. The summed E-state index contributed by atoms with van der Waals surface area (Å²) < 4.78 is 48.2. The Labute approximate surface area is 249 Å². The van der Waals surface area contributed by atoms with Crippen molar-refractivity contribution < 1.29 is 27.1 Å². The van der Waals surface area contributed by atoms with Gasteiger partial charge < -0.3 is 15.0 Å². The second-order valence-corrected chi connectivity index (χ2v) is 12.8. The van der Waals surface area contributed by atoms with Gasteiger partial charge in [0.15, 0.2) is 0 Å². The first-order chi connectivity index (χ1) is 19.3. The zero-order valence-electron chi connectivity index (χ0n) is 23.7. The van der Waals surface area contributed by atoms with E-state index in [-0.39, 0.29) is 29.0 Å². The third-order valence-corrected chi connectivity index (χ3v) is 8.82. The highest BCUT2D eigenvalue weighted by Gasteiger charge is 2.33. The number of benzene rings is 3. The molecule has 0 aliphatic heterocycles. The number of carbonyl (C=O) groups is 2. The van der Waals surface area contributed by atoms with Gasteiger partial charge >= 0.3 is 0 Å². The van der Waals surface area contributed by atoms with E-state index in [9.17, 15) is 22.4 Å². The van der Waals surface area contributed by atoms with Crippen LogP contribution in [0.5, 0.6) is 5.75 Å². The molecule has 0 fully saturated rings. The van der Waals surface area contributed by atoms with Crippen LogP contribution in [0.2, 0.25) is 0 Å². The highest BCUT2D eigenvalue weighted by Crippen LogP contribution is 2.31. The second-order valence-electron chi connectivity index (χ2n) is 10.1. The number of carbonyl (C=O) groups excluding carboxylic acids is 2. The fourth-order valence-electron chi connectivity index (χ4n) is 4.00. The Kier molecular flexibility index (Phi) is 10.9. The summed E-state index contributed by atoms with van der Waals surface area (Å²) in [4.78, 5) is 28.2. The highest BCUT2D eigenvalue weighted by atomic mass is 79.9. The van der Waals surface area contributed by atoms with Crippen LogP contribution in [-0.2, 0) is 26.2 Å². The molecule has 8 nitrogen and oxygen atoms in total. The second kappa shape index (κ2) is 14.0. The number of hydrogen-bond acceptors (Lipinski definition) is 5. The molecule has 0 bridgehead atoms. The number of amides is 2. The van der Waals surface area contributed by atoms with Crippen molar-refractivity contribution in [3.8, 4) is 5.75 Å². The van der Waals surface area contributed by atoms with E-state index in [0.29, 0.717) is 22.3 Å². The van der Waals surface area contributed by atoms with Gasteiger partial charge in [-0.25, -0.2) is 12.8 Å². The molecular formula is C30H35BrFN3O5S. The van der Waals surface area contributed by atoms with Crippen molar-refractivity contribution in [3.05, 3.63) is 88.1 Å². The lowest BCUT2D eigenvalue weighted by Gasteiger charge is -2.32. The molecule has 3 aromatic carbocycles. The van der Waals surface area contributed by atoms with Gasteiger partial charge in [-0.3, -0.25) is 13.9 Å². The van der Waals surface area contributed by atoms with Crippen molar-refractivity contribution in [2.24, 2.45) is 5.92 Å². The summed E-state index contributed by atoms with van der Waals surface area (Å²) in [6, 6.07) is 15.8. The Hall–Kier alpha value is -3.44. The van der Waals surface area contributed by atoms with E-state index >= 15 is 0 Å². The van der Waals surface area contributed by atoms with Crippen LogP contribution >= 0.6 is 15.9 Å². The van der Waals surface area contributed by atoms with Gasteiger partial charge in [0.25, 0.3) is 10.0 Å². The molecule has 0 saturated heterocycles. The third kappa shape index (κ3) is 8.29. The average Bonchev–Trinajstić information content (AvgIpc) is 2.94. The van der Waals surface area contributed by atoms with Gasteiger partial charge in [-0.05, 0) is 83.7 Å². The maximum absolute atomic E-state index is 14.0. The molecule has 2 amide bonds. The number of nitrogens with zero attached hydrogens (tertiary/aromatic N) is 2. The van der Waals surface area contributed by atoms with Crippen LogP contribution < -0.4 is 14.4 Å². The zero-order chi connectivity index (χ0) is 30.3. The lowest BCUT2D eigenvalue weighted by atomic mass is 10.1. The van der Waals surface area contributed by atoms with Crippen molar-refractivity contribution in [1.29, 1.82) is 0 Å². The number of aryl methyl sites for hydroxylation is 1. The summed E-state index contributed by atoms with van der Waals surface area (Å²) in [5.74, 6) is -0.764. The molecule has 41 heavy (non-hydrogen) atoms. The Morgan fingerprint density at radius 1 is 1.00 bits per heavy atom. The molecule has 11 heteroatoms. The topological polar surface area (TPSA) is 96.0 Å². The van der Waals surface area contributed by atoms with Gasteiger partial charge in [-0.15, -0.1) is 0 Å². The van der Waals surface area contributed by atoms with Gasteiger partial charge in [0, 0.05) is 13.1 Å². The normalized spacial score (nSPS) is 12.1. The summed E-state index contributed by atoms with van der Waals surface area (Å²) in [7, 11) is -2.77. The van der Waals surface area contributed by atoms with Crippen molar-refractivity contribution in [2.75, 3.05) is 24.5 Å². The van der Waals surface area contributed by atoms with Crippen molar-refractivity contribution >= 4 is 43.5 Å². The summed E-state index contributed by atoms with van der Waals surface area (Å²) in [6.45, 7) is 7.18. The first kappa shape index (κ1) is 32.1. The largest absolute Gasteiger partial charge is 0.496 e. The molecule has 0 aliphatic carbocycles. The molecule has 0 radical (unpaired) electrons. The zero-order valence-corrected chi connectivity index (χ0v) is 26.1. The van der Waals surface area contributed by atoms with Crippen LogP contribution in [0, 0.1) is 18.7 Å². The molecule has 3 rings (SSSR count). The molecule has 1 unspecified atom stereocenters. The van der Waals surface area contributed by atoms with Gasteiger partial charge in [0.1, 0.15) is 24.2 Å². The van der Waals surface area contributed by atoms with E-state index in [0.717, 1.165) is 9.87 Å². The molecule has 1 atom stereocenters. The highest BCUT2D eigenvalue weighted by molar-refractivity contribution is 9.10. The minimum atomic E-state index is -4.24. The number of ether oxygens (including phenoxy) is 1. The van der Waals surface area contributed by atoms with Crippen molar-refractivity contribution in [2.45, 2.75) is 45.2 Å².